The van der Waals surface area contributed by atoms with E-state index in [1.165, 1.54) is 12.4 Å². The van der Waals surface area contributed by atoms with Crippen LogP contribution in [0.3, 0.4) is 0 Å². The molecule has 6 aromatic heterocycles. The van der Waals surface area contributed by atoms with E-state index in [0.717, 1.165) is 66.6 Å². The van der Waals surface area contributed by atoms with Gasteiger partial charge in [-0.15, -0.1) is 0 Å². The molecule has 312 valence electrons. The summed E-state index contributed by atoms with van der Waals surface area (Å²) in [6.07, 6.45) is 9.37. The molecule has 2 aromatic carbocycles. The molecule has 17 heteroatoms. The number of pyridine rings is 4. The van der Waals surface area contributed by atoms with Crippen LogP contribution in [-0.4, -0.2) is 56.5 Å². The molecule has 0 saturated carbocycles. The number of carboxylic acid groups (broad SMARTS) is 1. The van der Waals surface area contributed by atoms with Crippen LogP contribution in [-0.2, 0) is 26.2 Å². The molecule has 0 atom stereocenters. The minimum Gasteiger partial charge on any atom is -0.478 e. The number of halogens is 2. The van der Waals surface area contributed by atoms with Crippen molar-refractivity contribution in [3.05, 3.63) is 164 Å². The fourth-order valence-corrected chi connectivity index (χ4v) is 6.96. The maximum absolute atomic E-state index is 12.6. The number of nitrogens with one attached hydrogen (secondary N) is 1. The van der Waals surface area contributed by atoms with Crippen molar-refractivity contribution in [2.75, 3.05) is 11.5 Å². The number of fused-ring (bicyclic) bond motifs is 2. The van der Waals surface area contributed by atoms with Crippen molar-refractivity contribution in [3.63, 3.8) is 0 Å². The number of amides is 1. The summed E-state index contributed by atoms with van der Waals surface area (Å²) in [5.74, 6) is -0.123. The summed E-state index contributed by atoms with van der Waals surface area (Å²) in [6.45, 7) is 9.70. The van der Waals surface area contributed by atoms with Crippen LogP contribution >= 0.6 is 23.2 Å². The predicted molar refractivity (Wildman–Crippen MR) is 238 cm³/mol. The third-order valence-corrected chi connectivity index (χ3v) is 10.1. The Balaban J connectivity index is 0.000000172. The molecule has 0 radical (unpaired) electrons. The number of rotatable bonds is 9. The lowest BCUT2D eigenvalue weighted by Gasteiger charge is -2.11. The van der Waals surface area contributed by atoms with Crippen LogP contribution in [0.5, 0.6) is 0 Å². The standard InChI is InChI=1S/C22H21ClN6O.C14H10ClN3O2.C8H13N3/c1-13-5-21(24)28-14(2)19(13)10-26-22(30)17-8-27-29(12-17)11-15-3-4-20-16(6-15)7-18(23)9-25-20;15-12-4-10-3-9(1-2-13(10)16-6-12)7-18-8-11(5-17-18)14(19)20;1-5-3-8(10)11-6(2)7(5)4-9/h3-9,12H,10-11H2,1-2H3,(H2,24,28)(H,26,30);1-6,8H,7H2,(H,19,20);3H,4,9H2,1-2H3,(H2,10,11). The van der Waals surface area contributed by atoms with Gasteiger partial charge in [0.2, 0.25) is 0 Å². The molecular weight excluding hydrogens is 815 g/mol. The molecule has 0 fully saturated rings. The van der Waals surface area contributed by atoms with Gasteiger partial charge >= 0.3 is 5.97 Å². The van der Waals surface area contributed by atoms with E-state index < -0.39 is 5.97 Å². The zero-order chi connectivity index (χ0) is 43.8. The van der Waals surface area contributed by atoms with Gasteiger partial charge in [0.05, 0.1) is 57.7 Å². The first-order chi connectivity index (χ1) is 29.1. The first-order valence-electron chi connectivity index (χ1n) is 19.0. The van der Waals surface area contributed by atoms with Crippen molar-refractivity contribution in [1.82, 2.24) is 44.8 Å². The number of carbonyl (C=O) groups excluding carboxylic acids is 1. The van der Waals surface area contributed by atoms with Crippen LogP contribution in [0.1, 0.15) is 65.5 Å². The second-order valence-electron chi connectivity index (χ2n) is 14.3. The Morgan fingerprint density at radius 2 is 1.15 bits per heavy atom. The summed E-state index contributed by atoms with van der Waals surface area (Å²) in [5.41, 5.74) is 27.2. The van der Waals surface area contributed by atoms with Gasteiger partial charge in [0, 0.05) is 60.0 Å². The van der Waals surface area contributed by atoms with Gasteiger partial charge in [-0.05, 0) is 110 Å². The SMILES string of the molecule is Cc1cc(N)nc(C)c1CN.Cc1cc(N)nc(C)c1CNC(=O)c1cnn(Cc2ccc3ncc(Cl)cc3c2)c1.O=C(O)c1cnn(Cc2ccc3ncc(Cl)cc3c2)c1. The van der Waals surface area contributed by atoms with Gasteiger partial charge in [0.25, 0.3) is 5.91 Å². The average Bonchev–Trinajstić information content (AvgIpc) is 3.88. The average molecular weight is 860 g/mol. The Morgan fingerprint density at radius 1 is 0.672 bits per heavy atom. The van der Waals surface area contributed by atoms with Crippen LogP contribution in [0.15, 0.2) is 97.8 Å². The number of hydrogen-bond acceptors (Lipinski definition) is 11. The number of nitrogens with two attached hydrogens (primary N) is 3. The summed E-state index contributed by atoms with van der Waals surface area (Å²) in [4.78, 5) is 40.2. The first kappa shape index (κ1) is 43.6. The molecule has 0 unspecified atom stereocenters. The number of carboxylic acids is 1. The molecular formula is C44H44Cl2N12O3. The first-order valence-corrected chi connectivity index (χ1v) is 19.7. The summed E-state index contributed by atoms with van der Waals surface area (Å²) in [6, 6.07) is 19.1. The Bertz CT molecular complexity index is 2830. The quantitative estimate of drug-likeness (QED) is 0.0968. The highest BCUT2D eigenvalue weighted by Crippen LogP contribution is 2.21. The Morgan fingerprint density at radius 3 is 1.61 bits per heavy atom. The van der Waals surface area contributed by atoms with Gasteiger partial charge < -0.3 is 27.6 Å². The van der Waals surface area contributed by atoms with E-state index >= 15 is 0 Å². The zero-order valence-electron chi connectivity index (χ0n) is 33.9. The third kappa shape index (κ3) is 11.4. The maximum atomic E-state index is 12.6. The highest BCUT2D eigenvalue weighted by molar-refractivity contribution is 6.31. The molecule has 0 saturated heterocycles. The lowest BCUT2D eigenvalue weighted by atomic mass is 10.1. The van der Waals surface area contributed by atoms with Crippen molar-refractivity contribution >= 4 is 68.5 Å². The topological polar surface area (TPSA) is 232 Å². The highest BCUT2D eigenvalue weighted by atomic mass is 35.5. The summed E-state index contributed by atoms with van der Waals surface area (Å²) in [5, 5.41) is 23.2. The van der Waals surface area contributed by atoms with Crippen molar-refractivity contribution < 1.29 is 14.7 Å². The number of carbonyl (C=O) groups is 2. The van der Waals surface area contributed by atoms with Gasteiger partial charge in [-0.25, -0.2) is 14.8 Å². The number of nitrogen functional groups attached to an aromatic ring is 2. The third-order valence-electron chi connectivity index (χ3n) is 9.67. The zero-order valence-corrected chi connectivity index (χ0v) is 35.4. The van der Waals surface area contributed by atoms with Crippen molar-refractivity contribution in [2.45, 2.75) is 53.9 Å². The Hall–Kier alpha value is -6.94. The minimum atomic E-state index is -0.981. The van der Waals surface area contributed by atoms with E-state index in [1.807, 2.05) is 82.3 Å². The smallest absolute Gasteiger partial charge is 0.338 e. The van der Waals surface area contributed by atoms with Crippen molar-refractivity contribution in [3.8, 4) is 0 Å². The maximum Gasteiger partial charge on any atom is 0.338 e. The van der Waals surface area contributed by atoms with Gasteiger partial charge in [-0.2, -0.15) is 10.2 Å². The molecule has 8 N–H and O–H groups in total. The Labute approximate surface area is 361 Å². The van der Waals surface area contributed by atoms with Gasteiger partial charge in [0.15, 0.2) is 0 Å². The fraction of sp³-hybridized carbons (Fsp3) is 0.182. The van der Waals surface area contributed by atoms with Gasteiger partial charge in [-0.1, -0.05) is 35.3 Å². The molecule has 6 heterocycles. The van der Waals surface area contributed by atoms with E-state index in [1.54, 1.807) is 40.2 Å². The van der Waals surface area contributed by atoms with Gasteiger partial charge in [-0.3, -0.25) is 24.1 Å². The number of aromatic nitrogens is 8. The van der Waals surface area contributed by atoms with Crippen molar-refractivity contribution in [2.24, 2.45) is 5.73 Å². The van der Waals surface area contributed by atoms with Gasteiger partial charge in [0.1, 0.15) is 11.6 Å². The summed E-state index contributed by atoms with van der Waals surface area (Å²) >= 11 is 12.0. The van der Waals surface area contributed by atoms with Crippen LogP contribution in [0.2, 0.25) is 10.0 Å². The normalized spacial score (nSPS) is 10.8. The Kier molecular flexibility index (Phi) is 13.9. The van der Waals surface area contributed by atoms with Crippen LogP contribution in [0.25, 0.3) is 21.8 Å². The van der Waals surface area contributed by atoms with E-state index in [4.69, 9.17) is 45.5 Å². The molecule has 8 rings (SSSR count). The minimum absolute atomic E-state index is 0.176. The molecule has 15 nitrogen and oxygen atoms in total. The molecule has 0 aliphatic carbocycles. The second kappa shape index (κ2) is 19.4. The number of anilines is 2. The van der Waals surface area contributed by atoms with E-state index in [2.05, 4.69) is 35.5 Å². The van der Waals surface area contributed by atoms with Crippen LogP contribution < -0.4 is 22.5 Å². The lowest BCUT2D eigenvalue weighted by molar-refractivity contribution is 0.0696. The lowest BCUT2D eigenvalue weighted by Crippen LogP contribution is -2.23. The van der Waals surface area contributed by atoms with E-state index in [0.29, 0.717) is 53.4 Å². The largest absolute Gasteiger partial charge is 0.478 e. The fourth-order valence-electron chi connectivity index (χ4n) is 6.63. The van der Waals surface area contributed by atoms with E-state index in [9.17, 15) is 9.59 Å². The van der Waals surface area contributed by atoms with Crippen LogP contribution in [0.4, 0.5) is 11.6 Å². The van der Waals surface area contributed by atoms with Crippen LogP contribution in [0, 0.1) is 27.7 Å². The number of nitrogens with zero attached hydrogens (tertiary/aromatic N) is 8. The summed E-state index contributed by atoms with van der Waals surface area (Å²) < 4.78 is 3.32. The molecule has 0 aliphatic rings. The summed E-state index contributed by atoms with van der Waals surface area (Å²) in [7, 11) is 0. The molecule has 0 aliphatic heterocycles. The van der Waals surface area contributed by atoms with E-state index in [-0.39, 0.29) is 11.5 Å². The molecule has 61 heavy (non-hydrogen) atoms. The predicted octanol–water partition coefficient (Wildman–Crippen LogP) is 7.23. The molecule has 0 bridgehead atoms. The number of aromatic carboxylic acids is 1. The second-order valence-corrected chi connectivity index (χ2v) is 15.1. The molecule has 8 aromatic rings. The highest BCUT2D eigenvalue weighted by Gasteiger charge is 2.12. The monoisotopic (exact) mass is 858 g/mol. The molecule has 1 amide bonds. The van der Waals surface area contributed by atoms with Crippen molar-refractivity contribution in [1.29, 1.82) is 0 Å². The number of benzene rings is 2. The molecule has 0 spiro atoms. The number of hydrogen-bond donors (Lipinski definition) is 5. The number of aryl methyl sites for hydroxylation is 4.